The summed E-state index contributed by atoms with van der Waals surface area (Å²) in [7, 11) is -9.89. The predicted molar refractivity (Wildman–Crippen MR) is 349 cm³/mol. The van der Waals surface area contributed by atoms with E-state index in [1.54, 1.807) is 0 Å². The Morgan fingerprint density at radius 2 is 0.586 bits per heavy atom. The van der Waals surface area contributed by atoms with Gasteiger partial charge >= 0.3 is 39.5 Å². The van der Waals surface area contributed by atoms with Crippen LogP contribution < -0.4 is 0 Å². The van der Waals surface area contributed by atoms with Crippen molar-refractivity contribution in [1.29, 1.82) is 0 Å². The van der Waals surface area contributed by atoms with Crippen molar-refractivity contribution in [1.82, 2.24) is 0 Å². The number of carbonyl (C=O) groups excluding carboxylic acids is 4. The van der Waals surface area contributed by atoms with Crippen LogP contribution in [0.2, 0.25) is 0 Å². The van der Waals surface area contributed by atoms with Gasteiger partial charge in [-0.25, -0.2) is 9.13 Å². The highest BCUT2D eigenvalue weighted by molar-refractivity contribution is 7.47. The number of rotatable bonds is 66. The Morgan fingerprint density at radius 3 is 0.874 bits per heavy atom. The zero-order chi connectivity index (χ0) is 64.5. The maximum absolute atomic E-state index is 13.0. The van der Waals surface area contributed by atoms with Crippen molar-refractivity contribution in [2.24, 2.45) is 17.8 Å². The van der Waals surface area contributed by atoms with Crippen LogP contribution in [0, 0.1) is 17.8 Å². The first kappa shape index (κ1) is 85.1. The summed E-state index contributed by atoms with van der Waals surface area (Å²) in [6.07, 6.45) is 42.1. The highest BCUT2D eigenvalue weighted by Crippen LogP contribution is 2.45. The largest absolute Gasteiger partial charge is 0.472 e. The van der Waals surface area contributed by atoms with Gasteiger partial charge < -0.3 is 33.8 Å². The summed E-state index contributed by atoms with van der Waals surface area (Å²) in [6, 6.07) is 0. The van der Waals surface area contributed by atoms with Crippen molar-refractivity contribution in [2.75, 3.05) is 39.6 Å². The Labute approximate surface area is 530 Å². The molecule has 0 heterocycles. The van der Waals surface area contributed by atoms with Gasteiger partial charge in [0.05, 0.1) is 26.4 Å². The van der Waals surface area contributed by atoms with E-state index < -0.39 is 97.5 Å². The summed E-state index contributed by atoms with van der Waals surface area (Å²) in [5.41, 5.74) is 0. The second kappa shape index (κ2) is 59.1. The van der Waals surface area contributed by atoms with Crippen LogP contribution >= 0.6 is 15.6 Å². The van der Waals surface area contributed by atoms with E-state index in [1.165, 1.54) is 141 Å². The molecule has 0 saturated heterocycles. The Kier molecular flexibility index (Phi) is 57.8. The van der Waals surface area contributed by atoms with E-state index >= 15 is 0 Å². The lowest BCUT2D eigenvalue weighted by Gasteiger charge is -2.21. The molecule has 0 bridgehead atoms. The SMILES string of the molecule is CCCCCCCC(=O)OC[C@H](COP(=O)(O)OC[C@H](O)COP(=O)(O)OC[C@@H](COC(=O)CCCCCCCCCCCCC(C)CC)OC(=O)CCCCCCCCCCCCCCCCCC(C)C)OC(=O)CCCCCCCCCC(C)C. The summed E-state index contributed by atoms with van der Waals surface area (Å²) in [5.74, 6) is 0.166. The van der Waals surface area contributed by atoms with Gasteiger partial charge in [0, 0.05) is 25.7 Å². The molecule has 0 rings (SSSR count). The smallest absolute Gasteiger partial charge is 0.462 e. The fraction of sp³-hybridized carbons (Fsp3) is 0.941. The lowest BCUT2D eigenvalue weighted by Crippen LogP contribution is -2.30. The Hall–Kier alpha value is -1.94. The van der Waals surface area contributed by atoms with Gasteiger partial charge in [-0.05, 0) is 43.4 Å². The molecule has 0 saturated carbocycles. The number of carbonyl (C=O) groups is 4. The van der Waals surface area contributed by atoms with E-state index in [0.717, 1.165) is 108 Å². The van der Waals surface area contributed by atoms with Crippen molar-refractivity contribution < 1.29 is 80.2 Å². The zero-order valence-electron chi connectivity index (χ0n) is 56.5. The third-order valence-corrected chi connectivity index (χ3v) is 17.9. The number of aliphatic hydroxyl groups is 1. The van der Waals surface area contributed by atoms with Crippen LogP contribution in [0.4, 0.5) is 0 Å². The van der Waals surface area contributed by atoms with Gasteiger partial charge in [0.1, 0.15) is 19.3 Å². The number of hydrogen-bond acceptors (Lipinski definition) is 15. The van der Waals surface area contributed by atoms with Gasteiger partial charge in [-0.1, -0.05) is 286 Å². The van der Waals surface area contributed by atoms with Gasteiger partial charge in [0.15, 0.2) is 12.2 Å². The maximum atomic E-state index is 13.0. The highest BCUT2D eigenvalue weighted by Gasteiger charge is 2.30. The van der Waals surface area contributed by atoms with Crippen LogP contribution in [-0.2, 0) is 65.4 Å². The quantitative estimate of drug-likeness (QED) is 0.0222. The average Bonchev–Trinajstić information content (AvgIpc) is 3.68. The van der Waals surface area contributed by atoms with Crippen molar-refractivity contribution in [3.8, 4) is 0 Å². The topological polar surface area (TPSA) is 237 Å². The lowest BCUT2D eigenvalue weighted by atomic mass is 9.99. The van der Waals surface area contributed by atoms with Gasteiger partial charge in [-0.2, -0.15) is 0 Å². The van der Waals surface area contributed by atoms with Crippen molar-refractivity contribution >= 4 is 39.5 Å². The summed E-state index contributed by atoms with van der Waals surface area (Å²) < 4.78 is 68.0. The molecule has 3 unspecified atom stereocenters. The van der Waals surface area contributed by atoms with Gasteiger partial charge in [0.2, 0.25) is 0 Å². The Bertz CT molecular complexity index is 1720. The molecular weight excluding hydrogens is 1150 g/mol. The number of esters is 4. The number of aliphatic hydroxyl groups excluding tert-OH is 1. The van der Waals surface area contributed by atoms with E-state index in [0.29, 0.717) is 31.6 Å². The normalized spacial score (nSPS) is 14.6. The standard InChI is InChI=1S/C68H132O17P2/c1-8-10-11-32-42-49-65(70)78-55-63(84-68(73)52-45-38-31-25-27-34-40-47-60(5)6)57-82-86(74,75)80-53-62(69)54-81-87(76,77)83-58-64(56-79-66(71)50-43-36-29-23-20-19-22-28-35-41-48-61(7)9-2)85-67(72)51-44-37-30-24-18-16-14-12-13-15-17-21-26-33-39-46-59(3)4/h59-64,69H,8-58H2,1-7H3,(H,74,75)(H,76,77)/t61?,62-,63+,64+/m0/s1. The van der Waals surface area contributed by atoms with Crippen molar-refractivity contribution in [2.45, 2.75) is 356 Å². The van der Waals surface area contributed by atoms with E-state index in [9.17, 15) is 43.2 Å². The number of ether oxygens (including phenoxy) is 4. The first-order chi connectivity index (χ1) is 41.8. The molecular formula is C68H132O17P2. The van der Waals surface area contributed by atoms with Gasteiger partial charge in [0.25, 0.3) is 0 Å². The molecule has 6 atom stereocenters. The summed E-state index contributed by atoms with van der Waals surface area (Å²) in [4.78, 5) is 72.1. The van der Waals surface area contributed by atoms with E-state index in [1.807, 2.05) is 0 Å². The molecule has 3 N–H and O–H groups in total. The molecule has 516 valence electrons. The Morgan fingerprint density at radius 1 is 0.333 bits per heavy atom. The molecule has 0 aliphatic carbocycles. The Balaban J connectivity index is 5.16. The van der Waals surface area contributed by atoms with Gasteiger partial charge in [-0.3, -0.25) is 37.3 Å². The molecule has 0 aliphatic rings. The number of phosphoric ester groups is 2. The summed E-state index contributed by atoms with van der Waals surface area (Å²) in [5, 5.41) is 10.5. The second-order valence-electron chi connectivity index (χ2n) is 25.8. The molecule has 0 aromatic rings. The first-order valence-corrected chi connectivity index (χ1v) is 38.4. The molecule has 0 aromatic heterocycles. The van der Waals surface area contributed by atoms with Crippen LogP contribution in [0.25, 0.3) is 0 Å². The van der Waals surface area contributed by atoms with E-state index in [4.69, 9.17) is 37.0 Å². The third-order valence-electron chi connectivity index (χ3n) is 16.0. The molecule has 19 heteroatoms. The first-order valence-electron chi connectivity index (χ1n) is 35.4. The maximum Gasteiger partial charge on any atom is 0.472 e. The molecule has 0 radical (unpaired) electrons. The molecule has 0 aromatic carbocycles. The van der Waals surface area contributed by atoms with Crippen LogP contribution in [0.5, 0.6) is 0 Å². The predicted octanol–water partition coefficient (Wildman–Crippen LogP) is 19.1. The average molecular weight is 1280 g/mol. The van der Waals surface area contributed by atoms with Crippen LogP contribution in [0.3, 0.4) is 0 Å². The van der Waals surface area contributed by atoms with Crippen molar-refractivity contribution in [3.05, 3.63) is 0 Å². The second-order valence-corrected chi connectivity index (χ2v) is 28.7. The molecule has 0 fully saturated rings. The van der Waals surface area contributed by atoms with Gasteiger partial charge in [-0.15, -0.1) is 0 Å². The minimum Gasteiger partial charge on any atom is -0.462 e. The number of phosphoric acid groups is 2. The zero-order valence-corrected chi connectivity index (χ0v) is 58.3. The van der Waals surface area contributed by atoms with Crippen LogP contribution in [0.15, 0.2) is 0 Å². The van der Waals surface area contributed by atoms with E-state index in [-0.39, 0.29) is 25.7 Å². The molecule has 87 heavy (non-hydrogen) atoms. The fourth-order valence-corrected chi connectivity index (χ4v) is 11.7. The minimum absolute atomic E-state index is 0.102. The number of hydrogen-bond donors (Lipinski definition) is 3. The monoisotopic (exact) mass is 1280 g/mol. The highest BCUT2D eigenvalue weighted by atomic mass is 31.2. The van der Waals surface area contributed by atoms with Crippen LogP contribution in [0.1, 0.15) is 337 Å². The van der Waals surface area contributed by atoms with E-state index in [2.05, 4.69) is 48.5 Å². The van der Waals surface area contributed by atoms with Crippen LogP contribution in [-0.4, -0.2) is 96.7 Å². The molecule has 0 aliphatic heterocycles. The summed E-state index contributed by atoms with van der Waals surface area (Å²) >= 11 is 0. The lowest BCUT2D eigenvalue weighted by molar-refractivity contribution is -0.161. The third kappa shape index (κ3) is 61.3. The fourth-order valence-electron chi connectivity index (χ4n) is 10.2. The summed E-state index contributed by atoms with van der Waals surface area (Å²) in [6.45, 7) is 11.7. The molecule has 17 nitrogen and oxygen atoms in total. The van der Waals surface area contributed by atoms with Crippen molar-refractivity contribution in [3.63, 3.8) is 0 Å². The molecule has 0 amide bonds. The number of unbranched alkanes of at least 4 members (excludes halogenated alkanes) is 33. The molecule has 0 spiro atoms. The minimum atomic E-state index is -4.95.